The molecule has 0 fully saturated rings. The third kappa shape index (κ3) is 5.28. The van der Waals surface area contributed by atoms with Crippen LogP contribution >= 0.6 is 11.8 Å². The molecule has 1 aromatic heterocycles. The summed E-state index contributed by atoms with van der Waals surface area (Å²) < 4.78 is 26.6. The monoisotopic (exact) mass is 444 g/mol. The topological polar surface area (TPSA) is 113 Å². The lowest BCUT2D eigenvalue weighted by Crippen LogP contribution is -1.98. The second kappa shape index (κ2) is 9.90. The van der Waals surface area contributed by atoms with Gasteiger partial charge >= 0.3 is 5.97 Å². The zero-order valence-electron chi connectivity index (χ0n) is 17.2. The third-order valence-electron chi connectivity index (χ3n) is 4.14. The van der Waals surface area contributed by atoms with Crippen LogP contribution in [0.4, 0.5) is 0 Å². The second-order valence-corrected chi connectivity index (χ2v) is 6.99. The van der Waals surface area contributed by atoms with Crippen molar-refractivity contribution in [2.75, 3.05) is 28.4 Å². The fourth-order valence-electron chi connectivity index (χ4n) is 2.61. The van der Waals surface area contributed by atoms with Crippen molar-refractivity contribution in [3.05, 3.63) is 46.9 Å². The summed E-state index contributed by atoms with van der Waals surface area (Å²) in [7, 11) is 6.09. The largest absolute Gasteiger partial charge is 0.497 e. The standard InChI is InChI=1S/C21H20N2O7S/c1-26-14-6-5-12(17(11-14)29-4)9-18(20(24)25)31-21-23-22-19(30-21)13-7-15(27-2)10-16(8-13)28-3/h5-11H,1-4H3,(H,24,25)/b18-9-. The van der Waals surface area contributed by atoms with Gasteiger partial charge in [-0.2, -0.15) is 0 Å². The van der Waals surface area contributed by atoms with Crippen molar-refractivity contribution >= 4 is 23.8 Å². The number of hydrogen-bond acceptors (Lipinski definition) is 9. The SMILES string of the molecule is COc1cc(OC)cc(-c2nnc(S/C(=C\c3ccc(OC)cc3OC)C(=O)O)o2)c1. The minimum absolute atomic E-state index is 0.0260. The van der Waals surface area contributed by atoms with Crippen LogP contribution in [-0.2, 0) is 4.79 Å². The molecule has 0 radical (unpaired) electrons. The minimum Gasteiger partial charge on any atom is -0.497 e. The molecule has 1 N–H and O–H groups in total. The predicted molar refractivity (Wildman–Crippen MR) is 114 cm³/mol. The summed E-state index contributed by atoms with van der Waals surface area (Å²) in [5, 5.41) is 17.7. The fourth-order valence-corrected chi connectivity index (χ4v) is 3.27. The maximum atomic E-state index is 11.8. The third-order valence-corrected chi connectivity index (χ3v) is 4.99. The highest BCUT2D eigenvalue weighted by molar-refractivity contribution is 8.03. The zero-order chi connectivity index (χ0) is 22.4. The summed E-state index contributed by atoms with van der Waals surface area (Å²) >= 11 is 0.828. The van der Waals surface area contributed by atoms with E-state index in [1.165, 1.54) is 34.5 Å². The van der Waals surface area contributed by atoms with Crippen LogP contribution in [0.3, 0.4) is 0 Å². The van der Waals surface area contributed by atoms with Crippen molar-refractivity contribution in [2.24, 2.45) is 0 Å². The Balaban J connectivity index is 1.90. The number of methoxy groups -OCH3 is 4. The van der Waals surface area contributed by atoms with E-state index in [1.54, 1.807) is 36.4 Å². The van der Waals surface area contributed by atoms with Gasteiger partial charge < -0.3 is 28.5 Å². The molecule has 1 heterocycles. The van der Waals surface area contributed by atoms with Gasteiger partial charge in [0, 0.05) is 23.3 Å². The maximum absolute atomic E-state index is 11.8. The van der Waals surface area contributed by atoms with Gasteiger partial charge in [0.2, 0.25) is 5.89 Å². The van der Waals surface area contributed by atoms with Crippen molar-refractivity contribution in [3.8, 4) is 34.5 Å². The second-order valence-electron chi connectivity index (χ2n) is 6.00. The first-order valence-electron chi connectivity index (χ1n) is 8.89. The Morgan fingerprint density at radius 3 is 2.19 bits per heavy atom. The van der Waals surface area contributed by atoms with E-state index in [4.69, 9.17) is 23.4 Å². The number of nitrogens with zero attached hydrogens (tertiary/aromatic N) is 2. The Bertz CT molecular complexity index is 1090. The molecule has 0 unspecified atom stereocenters. The number of carboxylic acid groups (broad SMARTS) is 1. The summed E-state index contributed by atoms with van der Waals surface area (Å²) in [6.07, 6.45) is 1.46. The van der Waals surface area contributed by atoms with Crippen molar-refractivity contribution < 1.29 is 33.3 Å². The Morgan fingerprint density at radius 1 is 0.935 bits per heavy atom. The van der Waals surface area contributed by atoms with Crippen molar-refractivity contribution in [3.63, 3.8) is 0 Å². The number of rotatable bonds is 9. The van der Waals surface area contributed by atoms with E-state index in [1.807, 2.05) is 0 Å². The normalized spacial score (nSPS) is 11.2. The molecule has 0 amide bonds. The molecule has 3 aromatic rings. The Hall–Kier alpha value is -3.66. The molecule has 3 rings (SSSR count). The molecule has 31 heavy (non-hydrogen) atoms. The number of carboxylic acids is 1. The highest BCUT2D eigenvalue weighted by Gasteiger charge is 2.18. The molecule has 9 nitrogen and oxygen atoms in total. The summed E-state index contributed by atoms with van der Waals surface area (Å²) in [5.41, 5.74) is 1.14. The Kier molecular flexibility index (Phi) is 7.03. The van der Waals surface area contributed by atoms with Crippen molar-refractivity contribution in [2.45, 2.75) is 5.22 Å². The number of thioether (sulfide) groups is 1. The summed E-state index contributed by atoms with van der Waals surface area (Å²) in [6, 6.07) is 10.2. The van der Waals surface area contributed by atoms with Gasteiger partial charge in [-0.15, -0.1) is 10.2 Å². The Morgan fingerprint density at radius 2 is 1.61 bits per heavy atom. The van der Waals surface area contributed by atoms with Gasteiger partial charge in [-0.25, -0.2) is 4.79 Å². The molecule has 2 aromatic carbocycles. The highest BCUT2D eigenvalue weighted by atomic mass is 32.2. The number of aliphatic carboxylic acids is 1. The first-order chi connectivity index (χ1) is 15.0. The molecule has 0 bridgehead atoms. The van der Waals surface area contributed by atoms with E-state index in [0.717, 1.165) is 11.8 Å². The molecule has 0 saturated carbocycles. The van der Waals surface area contributed by atoms with Gasteiger partial charge in [0.05, 0.1) is 28.4 Å². The van der Waals surface area contributed by atoms with Crippen LogP contribution in [0.2, 0.25) is 0 Å². The van der Waals surface area contributed by atoms with Gasteiger partial charge in [0.1, 0.15) is 27.9 Å². The number of carbonyl (C=O) groups is 1. The van der Waals surface area contributed by atoms with E-state index in [0.29, 0.717) is 34.1 Å². The number of aromatic nitrogens is 2. The quantitative estimate of drug-likeness (QED) is 0.384. The number of ether oxygens (including phenoxy) is 4. The molecule has 0 atom stereocenters. The lowest BCUT2D eigenvalue weighted by molar-refractivity contribution is -0.131. The van der Waals surface area contributed by atoms with Crippen LogP contribution in [0.15, 0.2) is 50.9 Å². The van der Waals surface area contributed by atoms with Gasteiger partial charge in [0.25, 0.3) is 5.22 Å². The number of benzene rings is 2. The van der Waals surface area contributed by atoms with Crippen LogP contribution in [-0.4, -0.2) is 49.7 Å². The van der Waals surface area contributed by atoms with Crippen LogP contribution in [0.1, 0.15) is 5.56 Å². The molecule has 0 aliphatic rings. The summed E-state index contributed by atoms with van der Waals surface area (Å²) in [4.78, 5) is 11.8. The Labute approximate surface area is 182 Å². The van der Waals surface area contributed by atoms with Gasteiger partial charge in [-0.3, -0.25) is 0 Å². The van der Waals surface area contributed by atoms with Crippen LogP contribution in [0.25, 0.3) is 17.5 Å². The van der Waals surface area contributed by atoms with E-state index in [9.17, 15) is 9.90 Å². The molecular formula is C21H20N2O7S. The first-order valence-corrected chi connectivity index (χ1v) is 9.70. The van der Waals surface area contributed by atoms with Gasteiger partial charge in [-0.05, 0) is 42.1 Å². The highest BCUT2D eigenvalue weighted by Crippen LogP contribution is 2.34. The average molecular weight is 444 g/mol. The fraction of sp³-hybridized carbons (Fsp3) is 0.190. The van der Waals surface area contributed by atoms with Crippen LogP contribution in [0.5, 0.6) is 23.0 Å². The smallest absolute Gasteiger partial charge is 0.342 e. The summed E-state index contributed by atoms with van der Waals surface area (Å²) in [5.74, 6) is 1.22. The molecule has 10 heteroatoms. The van der Waals surface area contributed by atoms with Crippen LogP contribution in [0, 0.1) is 0 Å². The van der Waals surface area contributed by atoms with E-state index in [2.05, 4.69) is 10.2 Å². The first kappa shape index (κ1) is 22.0. The van der Waals surface area contributed by atoms with Crippen molar-refractivity contribution in [1.82, 2.24) is 10.2 Å². The predicted octanol–water partition coefficient (Wildman–Crippen LogP) is 3.99. The zero-order valence-corrected chi connectivity index (χ0v) is 18.1. The minimum atomic E-state index is -1.15. The average Bonchev–Trinajstić information content (AvgIpc) is 3.26. The molecule has 162 valence electrons. The molecule has 0 aliphatic heterocycles. The molecule has 0 saturated heterocycles. The van der Waals surface area contributed by atoms with Gasteiger partial charge in [0.15, 0.2) is 0 Å². The summed E-state index contributed by atoms with van der Waals surface area (Å²) in [6.45, 7) is 0. The van der Waals surface area contributed by atoms with E-state index in [-0.39, 0.29) is 16.0 Å². The van der Waals surface area contributed by atoms with E-state index >= 15 is 0 Å². The van der Waals surface area contributed by atoms with Gasteiger partial charge in [-0.1, -0.05) is 0 Å². The molecule has 0 aliphatic carbocycles. The number of hydrogen-bond donors (Lipinski definition) is 1. The molecule has 0 spiro atoms. The maximum Gasteiger partial charge on any atom is 0.342 e. The van der Waals surface area contributed by atoms with E-state index < -0.39 is 5.97 Å². The lowest BCUT2D eigenvalue weighted by Gasteiger charge is -2.08. The van der Waals surface area contributed by atoms with Crippen LogP contribution < -0.4 is 18.9 Å². The molecular weight excluding hydrogens is 424 g/mol. The lowest BCUT2D eigenvalue weighted by atomic mass is 10.1. The van der Waals surface area contributed by atoms with Crippen molar-refractivity contribution in [1.29, 1.82) is 0 Å².